The third kappa shape index (κ3) is 3.56. The third-order valence-electron chi connectivity index (χ3n) is 2.65. The average Bonchev–Trinajstić information content (AvgIpc) is 2.77. The molecule has 0 saturated carbocycles. The Balaban J connectivity index is 1.99. The van der Waals surface area contributed by atoms with Crippen molar-refractivity contribution in [1.82, 2.24) is 5.32 Å². The molecule has 1 N–H and O–H groups in total. The number of nitro groups is 1. The summed E-state index contributed by atoms with van der Waals surface area (Å²) in [7, 11) is 0. The van der Waals surface area contributed by atoms with E-state index in [0.29, 0.717) is 23.7 Å². The van der Waals surface area contributed by atoms with E-state index in [1.54, 1.807) is 0 Å². The van der Waals surface area contributed by atoms with Crippen molar-refractivity contribution in [3.8, 4) is 0 Å². The number of hydrogen-bond acceptors (Lipinski definition) is 4. The number of hydrogen-bond donors (Lipinski definition) is 1. The fourth-order valence-corrected chi connectivity index (χ4v) is 1.90. The fourth-order valence-electron chi connectivity index (χ4n) is 1.71. The van der Waals surface area contributed by atoms with Crippen LogP contribution < -0.4 is 5.32 Å². The molecular formula is C13H13ClN2O3. The Bertz CT molecular complexity index is 595. The summed E-state index contributed by atoms with van der Waals surface area (Å²) in [5.41, 5.74) is 0.731. The summed E-state index contributed by atoms with van der Waals surface area (Å²) in [4.78, 5) is 10.3. The molecule has 1 heterocycles. The molecule has 1 aromatic heterocycles. The Kier molecular flexibility index (Phi) is 4.19. The van der Waals surface area contributed by atoms with Crippen LogP contribution in [0.1, 0.15) is 17.1 Å². The fraction of sp³-hybridized carbons (Fsp3) is 0.231. The molecule has 0 amide bonds. The van der Waals surface area contributed by atoms with Crippen molar-refractivity contribution >= 4 is 17.3 Å². The van der Waals surface area contributed by atoms with Crippen LogP contribution in [0.25, 0.3) is 0 Å². The molecule has 0 aliphatic rings. The van der Waals surface area contributed by atoms with Crippen molar-refractivity contribution < 1.29 is 9.34 Å². The van der Waals surface area contributed by atoms with Crippen molar-refractivity contribution in [2.75, 3.05) is 0 Å². The Hall–Kier alpha value is -1.85. The van der Waals surface area contributed by atoms with E-state index in [-0.39, 0.29) is 5.69 Å². The van der Waals surface area contributed by atoms with Gasteiger partial charge in [0.05, 0.1) is 11.5 Å². The predicted octanol–water partition coefficient (Wildman–Crippen LogP) is 3.44. The number of nitrogens with one attached hydrogen (secondary N) is 1. The van der Waals surface area contributed by atoms with Gasteiger partial charge in [0.15, 0.2) is 0 Å². The van der Waals surface area contributed by atoms with E-state index in [4.69, 9.17) is 16.0 Å². The normalized spacial score (nSPS) is 10.6. The van der Waals surface area contributed by atoms with Gasteiger partial charge in [0, 0.05) is 23.7 Å². The van der Waals surface area contributed by atoms with Crippen LogP contribution in [0.15, 0.2) is 34.7 Å². The van der Waals surface area contributed by atoms with E-state index in [1.165, 1.54) is 18.2 Å². The smallest absolute Gasteiger partial charge is 0.269 e. The van der Waals surface area contributed by atoms with Gasteiger partial charge in [-0.2, -0.15) is 0 Å². The number of rotatable bonds is 5. The molecule has 0 radical (unpaired) electrons. The van der Waals surface area contributed by atoms with Crippen molar-refractivity contribution in [2.45, 2.75) is 20.0 Å². The molecule has 0 aliphatic carbocycles. The van der Waals surface area contributed by atoms with Gasteiger partial charge in [-0.1, -0.05) is 11.6 Å². The standard InChI is InChI=1S/C13H13ClN2O3/c1-9-2-4-12(19-9)8-15-7-10-6-11(16(17)18)3-5-13(10)14/h2-6,15H,7-8H2,1H3. The molecule has 2 aromatic rings. The van der Waals surface area contributed by atoms with Crippen molar-refractivity contribution in [3.05, 3.63) is 62.6 Å². The van der Waals surface area contributed by atoms with Gasteiger partial charge in [-0.25, -0.2) is 0 Å². The molecule has 0 unspecified atom stereocenters. The first-order valence-corrected chi connectivity index (χ1v) is 6.13. The molecule has 0 fully saturated rings. The summed E-state index contributed by atoms with van der Waals surface area (Å²) < 4.78 is 5.41. The van der Waals surface area contributed by atoms with Crippen molar-refractivity contribution in [1.29, 1.82) is 0 Å². The molecule has 5 nitrogen and oxygen atoms in total. The van der Waals surface area contributed by atoms with Crippen LogP contribution in [0.3, 0.4) is 0 Å². The number of halogens is 1. The summed E-state index contributed by atoms with van der Waals surface area (Å²) in [5.74, 6) is 1.67. The molecule has 6 heteroatoms. The second-order valence-electron chi connectivity index (χ2n) is 4.15. The van der Waals surface area contributed by atoms with E-state index in [2.05, 4.69) is 5.32 Å². The Morgan fingerprint density at radius 3 is 2.74 bits per heavy atom. The van der Waals surface area contributed by atoms with E-state index in [0.717, 1.165) is 11.5 Å². The molecule has 0 bridgehead atoms. The van der Waals surface area contributed by atoms with E-state index in [9.17, 15) is 10.1 Å². The molecule has 0 saturated heterocycles. The minimum atomic E-state index is -0.435. The first kappa shape index (κ1) is 13.6. The van der Waals surface area contributed by atoms with Crippen LogP contribution in [-0.4, -0.2) is 4.92 Å². The van der Waals surface area contributed by atoms with Gasteiger partial charge < -0.3 is 9.73 Å². The van der Waals surface area contributed by atoms with Crippen molar-refractivity contribution in [3.63, 3.8) is 0 Å². The van der Waals surface area contributed by atoms with Gasteiger partial charge in [-0.15, -0.1) is 0 Å². The Morgan fingerprint density at radius 2 is 2.11 bits per heavy atom. The lowest BCUT2D eigenvalue weighted by molar-refractivity contribution is -0.384. The summed E-state index contributed by atoms with van der Waals surface area (Å²) in [5, 5.41) is 14.3. The molecule has 100 valence electrons. The molecule has 2 rings (SSSR count). The van der Waals surface area contributed by atoms with Crippen LogP contribution in [-0.2, 0) is 13.1 Å². The van der Waals surface area contributed by atoms with Crippen LogP contribution in [0, 0.1) is 17.0 Å². The second kappa shape index (κ2) is 5.86. The number of nitrogens with zero attached hydrogens (tertiary/aromatic N) is 1. The van der Waals surface area contributed by atoms with E-state index in [1.807, 2.05) is 19.1 Å². The van der Waals surface area contributed by atoms with Gasteiger partial charge in [-0.05, 0) is 30.7 Å². The van der Waals surface area contributed by atoms with E-state index >= 15 is 0 Å². The lowest BCUT2D eigenvalue weighted by Crippen LogP contribution is -2.12. The van der Waals surface area contributed by atoms with Gasteiger partial charge in [0.1, 0.15) is 11.5 Å². The molecule has 0 spiro atoms. The summed E-state index contributed by atoms with van der Waals surface area (Å²) in [6.07, 6.45) is 0. The monoisotopic (exact) mass is 280 g/mol. The lowest BCUT2D eigenvalue weighted by atomic mass is 10.2. The highest BCUT2D eigenvalue weighted by Gasteiger charge is 2.09. The second-order valence-corrected chi connectivity index (χ2v) is 4.56. The van der Waals surface area contributed by atoms with Crippen LogP contribution in [0.4, 0.5) is 5.69 Å². The number of furan rings is 1. The van der Waals surface area contributed by atoms with Crippen molar-refractivity contribution in [2.24, 2.45) is 0 Å². The number of non-ortho nitro benzene ring substituents is 1. The van der Waals surface area contributed by atoms with Gasteiger partial charge in [-0.3, -0.25) is 10.1 Å². The SMILES string of the molecule is Cc1ccc(CNCc2cc([N+](=O)[O-])ccc2Cl)o1. The van der Waals surface area contributed by atoms with Gasteiger partial charge in [0.2, 0.25) is 0 Å². The predicted molar refractivity (Wildman–Crippen MR) is 72.1 cm³/mol. The minimum absolute atomic E-state index is 0.0371. The van der Waals surface area contributed by atoms with Gasteiger partial charge >= 0.3 is 0 Å². The lowest BCUT2D eigenvalue weighted by Gasteiger charge is -2.05. The van der Waals surface area contributed by atoms with Gasteiger partial charge in [0.25, 0.3) is 5.69 Å². The zero-order valence-corrected chi connectivity index (χ0v) is 11.1. The van der Waals surface area contributed by atoms with Crippen LogP contribution in [0.2, 0.25) is 5.02 Å². The highest BCUT2D eigenvalue weighted by molar-refractivity contribution is 6.31. The molecular weight excluding hydrogens is 268 g/mol. The summed E-state index contributed by atoms with van der Waals surface area (Å²) >= 11 is 6.00. The van der Waals surface area contributed by atoms with E-state index < -0.39 is 4.92 Å². The summed E-state index contributed by atoms with van der Waals surface area (Å²) in [6.45, 7) is 2.87. The maximum Gasteiger partial charge on any atom is 0.269 e. The average molecular weight is 281 g/mol. The minimum Gasteiger partial charge on any atom is -0.465 e. The largest absolute Gasteiger partial charge is 0.465 e. The Labute approximate surface area is 115 Å². The summed E-state index contributed by atoms with van der Waals surface area (Å²) in [6, 6.07) is 8.17. The highest BCUT2D eigenvalue weighted by Crippen LogP contribution is 2.22. The highest BCUT2D eigenvalue weighted by atomic mass is 35.5. The first-order valence-electron chi connectivity index (χ1n) is 5.75. The zero-order valence-electron chi connectivity index (χ0n) is 10.4. The number of nitro benzene ring substituents is 1. The molecule has 19 heavy (non-hydrogen) atoms. The van der Waals surface area contributed by atoms with Crippen LogP contribution >= 0.6 is 11.6 Å². The third-order valence-corrected chi connectivity index (χ3v) is 3.02. The Morgan fingerprint density at radius 1 is 1.32 bits per heavy atom. The maximum atomic E-state index is 10.7. The number of aryl methyl sites for hydroxylation is 1. The van der Waals surface area contributed by atoms with Crippen LogP contribution in [0.5, 0.6) is 0 Å². The molecule has 1 aromatic carbocycles. The quantitative estimate of drug-likeness (QED) is 0.673. The topological polar surface area (TPSA) is 68.3 Å². The molecule has 0 atom stereocenters. The first-order chi connectivity index (χ1) is 9.06. The maximum absolute atomic E-state index is 10.7. The zero-order chi connectivity index (χ0) is 13.8. The molecule has 0 aliphatic heterocycles. The number of benzene rings is 1.